The highest BCUT2D eigenvalue weighted by atomic mass is 16.5. The molecule has 0 saturated heterocycles. The highest BCUT2D eigenvalue weighted by molar-refractivity contribution is 5.81. The molecule has 1 aliphatic carbocycles. The van der Waals surface area contributed by atoms with Gasteiger partial charge in [0.15, 0.2) is 0 Å². The van der Waals surface area contributed by atoms with E-state index in [0.29, 0.717) is 6.04 Å². The summed E-state index contributed by atoms with van der Waals surface area (Å²) < 4.78 is 4.95. The number of rotatable bonds is 4. The van der Waals surface area contributed by atoms with E-state index in [0.717, 1.165) is 32.2 Å². The average molecular weight is 228 g/mol. The molecule has 1 fully saturated rings. The molecule has 0 heterocycles. The Bertz CT molecular complexity index is 239. The normalized spacial score (nSPS) is 30.4. The molecule has 0 aromatic rings. The van der Waals surface area contributed by atoms with Crippen LogP contribution in [0.25, 0.3) is 0 Å². The van der Waals surface area contributed by atoms with Gasteiger partial charge < -0.3 is 15.0 Å². The molecule has 1 saturated carbocycles. The number of ether oxygens (including phenoxy) is 1. The van der Waals surface area contributed by atoms with Crippen molar-refractivity contribution in [3.8, 4) is 0 Å². The van der Waals surface area contributed by atoms with Crippen molar-refractivity contribution in [3.05, 3.63) is 0 Å². The molecule has 4 heteroatoms. The van der Waals surface area contributed by atoms with Crippen molar-refractivity contribution in [2.24, 2.45) is 0 Å². The highest BCUT2D eigenvalue weighted by Gasteiger charge is 2.43. The molecule has 2 atom stereocenters. The lowest BCUT2D eigenvalue weighted by Crippen LogP contribution is -2.58. The number of hydrogen-bond acceptors (Lipinski definition) is 4. The van der Waals surface area contributed by atoms with E-state index in [2.05, 4.69) is 24.3 Å². The van der Waals surface area contributed by atoms with E-state index in [1.54, 1.807) is 0 Å². The molecule has 0 bridgehead atoms. The Morgan fingerprint density at radius 1 is 1.56 bits per heavy atom. The van der Waals surface area contributed by atoms with Gasteiger partial charge in [0.05, 0.1) is 7.11 Å². The number of nitrogens with one attached hydrogen (secondary N) is 1. The summed E-state index contributed by atoms with van der Waals surface area (Å²) >= 11 is 0. The fourth-order valence-corrected chi connectivity index (χ4v) is 2.64. The van der Waals surface area contributed by atoms with Crippen molar-refractivity contribution in [1.82, 2.24) is 10.2 Å². The number of esters is 1. The molecule has 0 aromatic heterocycles. The Labute approximate surface area is 98.3 Å². The van der Waals surface area contributed by atoms with Gasteiger partial charge in [-0.05, 0) is 46.3 Å². The van der Waals surface area contributed by atoms with Crippen molar-refractivity contribution < 1.29 is 9.53 Å². The van der Waals surface area contributed by atoms with Gasteiger partial charge in [-0.25, -0.2) is 0 Å². The monoisotopic (exact) mass is 228 g/mol. The molecule has 1 aliphatic rings. The second-order valence-corrected chi connectivity index (χ2v) is 4.82. The Balaban J connectivity index is 2.79. The lowest BCUT2D eigenvalue weighted by molar-refractivity contribution is -0.151. The van der Waals surface area contributed by atoms with E-state index in [1.807, 2.05) is 6.92 Å². The smallest absolute Gasteiger partial charge is 0.326 e. The molecule has 16 heavy (non-hydrogen) atoms. The zero-order valence-corrected chi connectivity index (χ0v) is 10.9. The lowest BCUT2D eigenvalue weighted by atomic mass is 9.78. The van der Waals surface area contributed by atoms with Gasteiger partial charge in [-0.2, -0.15) is 0 Å². The zero-order chi connectivity index (χ0) is 12.2. The topological polar surface area (TPSA) is 41.6 Å². The summed E-state index contributed by atoms with van der Waals surface area (Å²) in [5, 5.41) is 3.33. The third kappa shape index (κ3) is 2.74. The van der Waals surface area contributed by atoms with Gasteiger partial charge in [0.25, 0.3) is 0 Å². The summed E-state index contributed by atoms with van der Waals surface area (Å²) in [6.45, 7) is 2.83. The van der Waals surface area contributed by atoms with Gasteiger partial charge in [0, 0.05) is 6.04 Å². The van der Waals surface area contributed by atoms with Crippen LogP contribution in [0.15, 0.2) is 0 Å². The van der Waals surface area contributed by atoms with Gasteiger partial charge in [-0.1, -0.05) is 6.92 Å². The summed E-state index contributed by atoms with van der Waals surface area (Å²) in [7, 11) is 5.62. The summed E-state index contributed by atoms with van der Waals surface area (Å²) in [5.41, 5.74) is -0.462. The van der Waals surface area contributed by atoms with Gasteiger partial charge in [-0.15, -0.1) is 0 Å². The van der Waals surface area contributed by atoms with Crippen LogP contribution in [0.4, 0.5) is 0 Å². The maximum absolute atomic E-state index is 11.9. The quantitative estimate of drug-likeness (QED) is 0.729. The molecular weight excluding hydrogens is 204 g/mol. The molecule has 0 radical (unpaired) electrons. The molecule has 4 nitrogen and oxygen atoms in total. The van der Waals surface area contributed by atoms with Crippen LogP contribution in [0.3, 0.4) is 0 Å². The largest absolute Gasteiger partial charge is 0.468 e. The number of carbonyl (C=O) groups is 1. The Kier molecular flexibility index (Phi) is 4.74. The van der Waals surface area contributed by atoms with Gasteiger partial charge in [-0.3, -0.25) is 4.79 Å². The molecule has 1 N–H and O–H groups in total. The fourth-order valence-electron chi connectivity index (χ4n) is 2.64. The van der Waals surface area contributed by atoms with Crippen molar-refractivity contribution in [2.45, 2.75) is 44.2 Å². The summed E-state index contributed by atoms with van der Waals surface area (Å²) in [6.07, 6.45) is 3.97. The van der Waals surface area contributed by atoms with E-state index >= 15 is 0 Å². The zero-order valence-electron chi connectivity index (χ0n) is 10.9. The Morgan fingerprint density at radius 2 is 2.25 bits per heavy atom. The third-order valence-corrected chi connectivity index (χ3v) is 3.55. The van der Waals surface area contributed by atoms with Crippen molar-refractivity contribution in [2.75, 3.05) is 27.7 Å². The van der Waals surface area contributed by atoms with Crippen molar-refractivity contribution >= 4 is 5.97 Å². The van der Waals surface area contributed by atoms with Crippen LogP contribution in [0.5, 0.6) is 0 Å². The van der Waals surface area contributed by atoms with E-state index < -0.39 is 5.54 Å². The number of methoxy groups -OCH3 is 1. The summed E-state index contributed by atoms with van der Waals surface area (Å²) in [5.74, 6) is -0.110. The van der Waals surface area contributed by atoms with Crippen LogP contribution in [-0.2, 0) is 9.53 Å². The van der Waals surface area contributed by atoms with E-state index in [4.69, 9.17) is 4.74 Å². The van der Waals surface area contributed by atoms with E-state index in [-0.39, 0.29) is 5.97 Å². The van der Waals surface area contributed by atoms with Gasteiger partial charge in [0.2, 0.25) is 0 Å². The number of nitrogens with zero attached hydrogens (tertiary/aromatic N) is 1. The molecule has 1 rings (SSSR count). The van der Waals surface area contributed by atoms with Crippen molar-refractivity contribution in [3.63, 3.8) is 0 Å². The van der Waals surface area contributed by atoms with E-state index in [1.165, 1.54) is 7.11 Å². The Morgan fingerprint density at radius 3 is 2.75 bits per heavy atom. The SMILES string of the molecule is CCNC1(C(=O)OC)CCCC(N(C)C)C1. The van der Waals surface area contributed by atoms with Crippen LogP contribution < -0.4 is 5.32 Å². The van der Waals surface area contributed by atoms with Gasteiger partial charge >= 0.3 is 5.97 Å². The maximum Gasteiger partial charge on any atom is 0.326 e. The standard InChI is InChI=1S/C12H24N2O2/c1-5-13-12(11(15)16-4)8-6-7-10(9-12)14(2)3/h10,13H,5-9H2,1-4H3. The molecule has 0 aliphatic heterocycles. The van der Waals surface area contributed by atoms with Crippen LogP contribution in [-0.4, -0.2) is 50.2 Å². The minimum atomic E-state index is -0.462. The fraction of sp³-hybridized carbons (Fsp3) is 0.917. The first-order valence-corrected chi connectivity index (χ1v) is 6.05. The lowest BCUT2D eigenvalue weighted by Gasteiger charge is -2.41. The minimum absolute atomic E-state index is 0.110. The second kappa shape index (κ2) is 5.64. The molecule has 0 amide bonds. The summed E-state index contributed by atoms with van der Waals surface area (Å²) in [4.78, 5) is 14.1. The van der Waals surface area contributed by atoms with Gasteiger partial charge in [0.1, 0.15) is 5.54 Å². The predicted molar refractivity (Wildman–Crippen MR) is 64.4 cm³/mol. The van der Waals surface area contributed by atoms with Crippen molar-refractivity contribution in [1.29, 1.82) is 0 Å². The summed E-state index contributed by atoms with van der Waals surface area (Å²) in [6, 6.07) is 0.465. The van der Waals surface area contributed by atoms with Crippen LogP contribution in [0.1, 0.15) is 32.6 Å². The van der Waals surface area contributed by atoms with Crippen LogP contribution >= 0.6 is 0 Å². The minimum Gasteiger partial charge on any atom is -0.468 e. The number of likely N-dealkylation sites (N-methyl/N-ethyl adjacent to an activating group) is 1. The first-order chi connectivity index (χ1) is 7.55. The maximum atomic E-state index is 11.9. The molecular formula is C12H24N2O2. The number of carbonyl (C=O) groups excluding carboxylic acids is 1. The average Bonchev–Trinajstić information content (AvgIpc) is 2.28. The first kappa shape index (κ1) is 13.5. The Hall–Kier alpha value is -0.610. The second-order valence-electron chi connectivity index (χ2n) is 4.82. The molecule has 2 unspecified atom stereocenters. The first-order valence-electron chi connectivity index (χ1n) is 6.05. The van der Waals surface area contributed by atoms with E-state index in [9.17, 15) is 4.79 Å². The van der Waals surface area contributed by atoms with Crippen LogP contribution in [0, 0.1) is 0 Å². The molecule has 94 valence electrons. The molecule has 0 aromatic carbocycles. The number of hydrogen-bond donors (Lipinski definition) is 1. The third-order valence-electron chi connectivity index (χ3n) is 3.55. The van der Waals surface area contributed by atoms with Crippen LogP contribution in [0.2, 0.25) is 0 Å². The molecule has 0 spiro atoms. The predicted octanol–water partition coefficient (Wildman–Crippen LogP) is 1.01. The highest BCUT2D eigenvalue weighted by Crippen LogP contribution is 2.31.